The van der Waals surface area contributed by atoms with E-state index in [0.29, 0.717) is 12.3 Å². The Bertz CT molecular complexity index is 1050. The Hall–Kier alpha value is -2.24. The first kappa shape index (κ1) is 15.0. The average molecular weight is 349 g/mol. The van der Waals surface area contributed by atoms with E-state index in [4.69, 9.17) is 20.4 Å². The first-order chi connectivity index (χ1) is 12.2. The zero-order valence-corrected chi connectivity index (χ0v) is 14.8. The molecule has 1 aromatic carbocycles. The molecule has 0 spiro atoms. The molecule has 2 aliphatic carbocycles. The van der Waals surface area contributed by atoms with Gasteiger partial charge in [-0.3, -0.25) is 0 Å². The molecule has 2 aliphatic rings. The predicted molar refractivity (Wildman–Crippen MR) is 102 cm³/mol. The molecule has 1 saturated carbocycles. The third-order valence-electron chi connectivity index (χ3n) is 5.11. The molecule has 2 heterocycles. The van der Waals surface area contributed by atoms with Crippen LogP contribution in [0.3, 0.4) is 0 Å². The summed E-state index contributed by atoms with van der Waals surface area (Å²) in [5.74, 6) is 1.44. The summed E-state index contributed by atoms with van der Waals surface area (Å²) >= 11 is 1.73. The van der Waals surface area contributed by atoms with Gasteiger partial charge in [-0.1, -0.05) is 24.3 Å². The Morgan fingerprint density at radius 2 is 2.08 bits per heavy atom. The number of ether oxygens (including phenoxy) is 1. The normalized spacial score (nSPS) is 23.3. The lowest BCUT2D eigenvalue weighted by Crippen LogP contribution is -2.31. The Morgan fingerprint density at radius 1 is 1.24 bits per heavy atom. The van der Waals surface area contributed by atoms with Gasteiger partial charge in [-0.2, -0.15) is 0 Å². The van der Waals surface area contributed by atoms with E-state index in [0.717, 1.165) is 27.4 Å². The van der Waals surface area contributed by atoms with E-state index in [2.05, 4.69) is 30.3 Å². The highest BCUT2D eigenvalue weighted by Crippen LogP contribution is 2.45. The largest absolute Gasteiger partial charge is 0.402 e. The summed E-state index contributed by atoms with van der Waals surface area (Å²) in [6.45, 7) is 0. The molecule has 0 radical (unpaired) electrons. The van der Waals surface area contributed by atoms with E-state index in [-0.39, 0.29) is 0 Å². The summed E-state index contributed by atoms with van der Waals surface area (Å²) < 4.78 is 7.26. The van der Waals surface area contributed by atoms with E-state index in [1.165, 1.54) is 22.9 Å². The van der Waals surface area contributed by atoms with Gasteiger partial charge in [0.2, 0.25) is 0 Å². The SMILES string of the molecule is COC1(c2nc(C3CC3)nc3sc4ccccc4c23)C=CC=C(N)C1. The van der Waals surface area contributed by atoms with Gasteiger partial charge >= 0.3 is 0 Å². The first-order valence-electron chi connectivity index (χ1n) is 8.59. The zero-order valence-electron chi connectivity index (χ0n) is 14.0. The van der Waals surface area contributed by atoms with Crippen LogP contribution < -0.4 is 5.73 Å². The molecular weight excluding hydrogens is 330 g/mol. The Labute approximate surface area is 150 Å². The molecule has 2 aromatic heterocycles. The lowest BCUT2D eigenvalue weighted by atomic mass is 9.87. The van der Waals surface area contributed by atoms with Crippen molar-refractivity contribution in [2.24, 2.45) is 5.73 Å². The monoisotopic (exact) mass is 349 g/mol. The number of hydrogen-bond donors (Lipinski definition) is 1. The maximum atomic E-state index is 6.15. The van der Waals surface area contributed by atoms with Crippen LogP contribution in [0, 0.1) is 0 Å². The lowest BCUT2D eigenvalue weighted by molar-refractivity contribution is 0.0255. The van der Waals surface area contributed by atoms with Gasteiger partial charge in [0.1, 0.15) is 16.3 Å². The number of nitrogens with two attached hydrogens (primary N) is 1. The average Bonchev–Trinajstić information content (AvgIpc) is 3.41. The van der Waals surface area contributed by atoms with E-state index < -0.39 is 5.60 Å². The predicted octanol–water partition coefficient (Wildman–Crippen LogP) is 4.37. The van der Waals surface area contributed by atoms with Crippen LogP contribution in [-0.2, 0) is 10.3 Å². The minimum absolute atomic E-state index is 0.489. The van der Waals surface area contributed by atoms with Crippen LogP contribution in [0.5, 0.6) is 0 Å². The molecule has 5 rings (SSSR count). The number of methoxy groups -OCH3 is 1. The minimum atomic E-state index is -0.631. The van der Waals surface area contributed by atoms with E-state index in [1.54, 1.807) is 18.4 Å². The number of fused-ring (bicyclic) bond motifs is 3. The smallest absolute Gasteiger partial charge is 0.134 e. The molecule has 2 N–H and O–H groups in total. The van der Waals surface area contributed by atoms with Crippen LogP contribution in [0.15, 0.2) is 48.2 Å². The highest BCUT2D eigenvalue weighted by atomic mass is 32.1. The highest BCUT2D eigenvalue weighted by molar-refractivity contribution is 7.25. The molecule has 126 valence electrons. The Morgan fingerprint density at radius 3 is 2.84 bits per heavy atom. The summed E-state index contributed by atoms with van der Waals surface area (Å²) in [6.07, 6.45) is 8.95. The summed E-state index contributed by atoms with van der Waals surface area (Å²) in [5.41, 5.74) is 7.28. The summed E-state index contributed by atoms with van der Waals surface area (Å²) in [5, 5.41) is 2.30. The van der Waals surface area contributed by atoms with Crippen LogP contribution >= 0.6 is 11.3 Å². The summed E-state index contributed by atoms with van der Waals surface area (Å²) in [4.78, 5) is 11.0. The molecular formula is C20H19N3OS. The lowest BCUT2D eigenvalue weighted by Gasteiger charge is -2.31. The van der Waals surface area contributed by atoms with Crippen molar-refractivity contribution in [3.05, 3.63) is 59.7 Å². The fraction of sp³-hybridized carbons (Fsp3) is 0.300. The third-order valence-corrected chi connectivity index (χ3v) is 6.17. The van der Waals surface area contributed by atoms with Gasteiger partial charge in [-0.15, -0.1) is 11.3 Å². The quantitative estimate of drug-likeness (QED) is 0.763. The molecule has 0 aliphatic heterocycles. The summed E-state index contributed by atoms with van der Waals surface area (Å²) in [6, 6.07) is 8.43. The van der Waals surface area contributed by atoms with Gasteiger partial charge in [0.25, 0.3) is 0 Å². The van der Waals surface area contributed by atoms with Crippen molar-refractivity contribution in [2.75, 3.05) is 7.11 Å². The van der Waals surface area contributed by atoms with Crippen LogP contribution in [0.4, 0.5) is 0 Å². The fourth-order valence-electron chi connectivity index (χ4n) is 3.62. The minimum Gasteiger partial charge on any atom is -0.402 e. The molecule has 25 heavy (non-hydrogen) atoms. The van der Waals surface area contributed by atoms with Gasteiger partial charge in [0.15, 0.2) is 0 Å². The molecule has 1 unspecified atom stereocenters. The number of thiophene rings is 1. The Balaban J connectivity index is 1.86. The van der Waals surface area contributed by atoms with Crippen molar-refractivity contribution >= 4 is 31.6 Å². The molecule has 1 atom stereocenters. The van der Waals surface area contributed by atoms with Gasteiger partial charge in [-0.05, 0) is 31.1 Å². The standard InChI is InChI=1S/C20H19N3OS/c1-24-20(10-4-5-13(21)11-20)17-16-14-6-2-3-7-15(14)25-19(16)23-18(22-17)12-8-9-12/h2-7,10,12H,8-9,11,21H2,1H3. The van der Waals surface area contributed by atoms with Gasteiger partial charge in [-0.25, -0.2) is 9.97 Å². The maximum Gasteiger partial charge on any atom is 0.134 e. The molecule has 0 bridgehead atoms. The van der Waals surface area contributed by atoms with E-state index in [1.807, 2.05) is 12.2 Å². The molecule has 5 heteroatoms. The topological polar surface area (TPSA) is 61.0 Å². The van der Waals surface area contributed by atoms with Crippen molar-refractivity contribution in [1.82, 2.24) is 9.97 Å². The number of nitrogens with zero attached hydrogens (tertiary/aromatic N) is 2. The summed E-state index contributed by atoms with van der Waals surface area (Å²) in [7, 11) is 1.74. The molecule has 3 aromatic rings. The van der Waals surface area contributed by atoms with Gasteiger partial charge < -0.3 is 10.5 Å². The van der Waals surface area contributed by atoms with Gasteiger partial charge in [0, 0.05) is 40.6 Å². The molecule has 0 amide bonds. The second kappa shape index (κ2) is 5.38. The van der Waals surface area contributed by atoms with Gasteiger partial charge in [0.05, 0.1) is 5.69 Å². The first-order valence-corrected chi connectivity index (χ1v) is 9.40. The van der Waals surface area contributed by atoms with Crippen LogP contribution in [0.2, 0.25) is 0 Å². The molecule has 1 fully saturated rings. The van der Waals surface area contributed by atoms with Crippen molar-refractivity contribution in [3.8, 4) is 0 Å². The Kier molecular flexibility index (Phi) is 3.24. The molecule has 0 saturated heterocycles. The number of hydrogen-bond acceptors (Lipinski definition) is 5. The molecule has 4 nitrogen and oxygen atoms in total. The van der Waals surface area contributed by atoms with E-state index >= 15 is 0 Å². The van der Waals surface area contributed by atoms with Crippen LogP contribution in [0.1, 0.15) is 36.7 Å². The van der Waals surface area contributed by atoms with Crippen LogP contribution in [0.25, 0.3) is 20.3 Å². The highest BCUT2D eigenvalue weighted by Gasteiger charge is 2.38. The van der Waals surface area contributed by atoms with E-state index in [9.17, 15) is 0 Å². The maximum absolute atomic E-state index is 6.15. The van der Waals surface area contributed by atoms with Crippen molar-refractivity contribution in [1.29, 1.82) is 0 Å². The van der Waals surface area contributed by atoms with Crippen molar-refractivity contribution in [3.63, 3.8) is 0 Å². The number of rotatable bonds is 3. The number of aromatic nitrogens is 2. The second-order valence-corrected chi connectivity index (χ2v) is 7.88. The zero-order chi connectivity index (χ0) is 17.0. The number of benzene rings is 1. The second-order valence-electron chi connectivity index (χ2n) is 6.85. The van der Waals surface area contributed by atoms with Crippen molar-refractivity contribution in [2.45, 2.75) is 30.8 Å². The fourth-order valence-corrected chi connectivity index (χ4v) is 4.70. The van der Waals surface area contributed by atoms with Crippen LogP contribution in [-0.4, -0.2) is 17.1 Å². The number of allylic oxidation sites excluding steroid dienone is 2. The van der Waals surface area contributed by atoms with Crippen molar-refractivity contribution < 1.29 is 4.74 Å². The third kappa shape index (κ3) is 2.30.